The first-order chi connectivity index (χ1) is 10.8. The maximum Gasteiger partial charge on any atom is 0.216 e. The maximum atomic E-state index is 11.1. The van der Waals surface area contributed by atoms with Gasteiger partial charge in [0.2, 0.25) is 16.0 Å². The minimum absolute atomic E-state index is 0.0438. The van der Waals surface area contributed by atoms with Crippen LogP contribution in [0.2, 0.25) is 0 Å². The Morgan fingerprint density at radius 3 is 2.91 bits per heavy atom. The van der Waals surface area contributed by atoms with Crippen LogP contribution in [0, 0.1) is 5.92 Å². The summed E-state index contributed by atoms with van der Waals surface area (Å²) in [6, 6.07) is 0. The molecule has 1 amide bonds. The molecule has 1 unspecified atom stereocenters. The predicted molar refractivity (Wildman–Crippen MR) is 93.2 cm³/mol. The summed E-state index contributed by atoms with van der Waals surface area (Å²) in [7, 11) is 0. The quantitative estimate of drug-likeness (QED) is 0.936. The van der Waals surface area contributed by atoms with E-state index < -0.39 is 0 Å². The molecule has 1 atom stereocenters. The zero-order valence-electron chi connectivity index (χ0n) is 14.3. The lowest BCUT2D eigenvalue weighted by molar-refractivity contribution is -0.119. The Morgan fingerprint density at radius 2 is 2.26 bits per heavy atom. The Kier molecular flexibility index (Phi) is 4.31. The summed E-state index contributed by atoms with van der Waals surface area (Å²) in [6.07, 6.45) is 4.33. The number of rotatable bonds is 3. The lowest BCUT2D eigenvalue weighted by atomic mass is 9.93. The molecule has 1 aliphatic rings. The molecule has 7 heteroatoms. The van der Waals surface area contributed by atoms with E-state index in [1.807, 2.05) is 10.7 Å². The Balaban J connectivity index is 1.72. The van der Waals surface area contributed by atoms with E-state index in [2.05, 4.69) is 31.0 Å². The van der Waals surface area contributed by atoms with Gasteiger partial charge in [-0.3, -0.25) is 4.79 Å². The number of anilines is 1. The van der Waals surface area contributed by atoms with Gasteiger partial charge in [-0.2, -0.15) is 0 Å². The highest BCUT2D eigenvalue weighted by Gasteiger charge is 2.24. The highest BCUT2D eigenvalue weighted by atomic mass is 32.1. The summed E-state index contributed by atoms with van der Waals surface area (Å²) in [5.41, 5.74) is 1.12. The van der Waals surface area contributed by atoms with Crippen molar-refractivity contribution in [1.82, 2.24) is 19.9 Å². The highest BCUT2D eigenvalue weighted by Crippen LogP contribution is 2.29. The Labute approximate surface area is 140 Å². The molecule has 1 N–H and O–H groups in total. The van der Waals surface area contributed by atoms with Crippen molar-refractivity contribution in [2.75, 3.05) is 24.5 Å². The zero-order valence-corrected chi connectivity index (χ0v) is 15.1. The van der Waals surface area contributed by atoms with Gasteiger partial charge in [0, 0.05) is 32.0 Å². The van der Waals surface area contributed by atoms with Crippen LogP contribution in [-0.4, -0.2) is 40.1 Å². The van der Waals surface area contributed by atoms with Crippen molar-refractivity contribution in [3.63, 3.8) is 0 Å². The molecule has 0 bridgehead atoms. The van der Waals surface area contributed by atoms with Crippen molar-refractivity contribution in [2.45, 2.75) is 46.0 Å². The van der Waals surface area contributed by atoms with Crippen molar-refractivity contribution in [1.29, 1.82) is 0 Å². The summed E-state index contributed by atoms with van der Waals surface area (Å²) in [4.78, 5) is 19.1. The van der Waals surface area contributed by atoms with Gasteiger partial charge >= 0.3 is 0 Å². The fraction of sp³-hybridized carbons (Fsp3) is 0.688. The number of amides is 1. The van der Waals surface area contributed by atoms with E-state index in [0.717, 1.165) is 48.3 Å². The first kappa shape index (κ1) is 16.2. The van der Waals surface area contributed by atoms with Crippen LogP contribution < -0.4 is 10.2 Å². The molecule has 1 fully saturated rings. The molecule has 1 aliphatic heterocycles. The van der Waals surface area contributed by atoms with Crippen LogP contribution in [-0.2, 0) is 10.2 Å². The summed E-state index contributed by atoms with van der Waals surface area (Å²) in [6.45, 7) is 10.8. The topological polar surface area (TPSA) is 62.5 Å². The second-order valence-corrected chi connectivity index (χ2v) is 8.31. The van der Waals surface area contributed by atoms with E-state index in [1.165, 1.54) is 0 Å². The van der Waals surface area contributed by atoms with Crippen molar-refractivity contribution in [3.05, 3.63) is 11.9 Å². The minimum Gasteiger partial charge on any atom is -0.356 e. The van der Waals surface area contributed by atoms with Gasteiger partial charge in [-0.15, -0.1) is 5.10 Å². The molecule has 0 aromatic carbocycles. The maximum absolute atomic E-state index is 11.1. The lowest BCUT2D eigenvalue weighted by Gasteiger charge is -2.32. The van der Waals surface area contributed by atoms with Crippen LogP contribution in [0.3, 0.4) is 0 Å². The Bertz CT molecular complexity index is 667. The molecular formula is C16H25N5OS. The van der Waals surface area contributed by atoms with E-state index in [0.29, 0.717) is 5.92 Å². The molecular weight excluding hydrogens is 310 g/mol. The van der Waals surface area contributed by atoms with E-state index in [9.17, 15) is 4.79 Å². The first-order valence-corrected chi connectivity index (χ1v) is 9.00. The van der Waals surface area contributed by atoms with E-state index >= 15 is 0 Å². The van der Waals surface area contributed by atoms with Crippen molar-refractivity contribution >= 4 is 27.3 Å². The fourth-order valence-corrected chi connectivity index (χ4v) is 3.79. The van der Waals surface area contributed by atoms with Crippen LogP contribution in [0.4, 0.5) is 5.13 Å². The van der Waals surface area contributed by atoms with Gasteiger partial charge in [-0.05, 0) is 18.8 Å². The van der Waals surface area contributed by atoms with Crippen LogP contribution in [0.5, 0.6) is 0 Å². The third-order valence-electron chi connectivity index (χ3n) is 4.23. The average molecular weight is 335 g/mol. The molecule has 6 nitrogen and oxygen atoms in total. The van der Waals surface area contributed by atoms with Crippen molar-refractivity contribution in [2.24, 2.45) is 5.92 Å². The molecule has 2 aromatic rings. The van der Waals surface area contributed by atoms with Crippen LogP contribution >= 0.6 is 11.3 Å². The van der Waals surface area contributed by atoms with Gasteiger partial charge in [0.05, 0.1) is 11.9 Å². The zero-order chi connectivity index (χ0) is 16.6. The van der Waals surface area contributed by atoms with E-state index in [-0.39, 0.29) is 11.3 Å². The summed E-state index contributed by atoms with van der Waals surface area (Å²) >= 11 is 1.65. The predicted octanol–water partition coefficient (Wildman–Crippen LogP) is 2.44. The van der Waals surface area contributed by atoms with Crippen molar-refractivity contribution in [3.8, 4) is 0 Å². The second-order valence-electron chi connectivity index (χ2n) is 7.38. The average Bonchev–Trinajstić information content (AvgIpc) is 3.03. The molecule has 0 radical (unpaired) electrons. The number of piperidine rings is 1. The monoisotopic (exact) mass is 335 g/mol. The molecule has 23 heavy (non-hydrogen) atoms. The summed E-state index contributed by atoms with van der Waals surface area (Å²) in [5.74, 6) is 0.540. The number of imidazole rings is 1. The first-order valence-electron chi connectivity index (χ1n) is 8.19. The highest BCUT2D eigenvalue weighted by molar-refractivity contribution is 7.20. The molecule has 126 valence electrons. The number of carbonyl (C=O) groups excluding carboxylic acids is 1. The smallest absolute Gasteiger partial charge is 0.216 e. The second kappa shape index (κ2) is 6.11. The normalized spacial score (nSPS) is 19.3. The molecule has 3 rings (SSSR count). The number of carbonyl (C=O) groups is 1. The van der Waals surface area contributed by atoms with Crippen molar-refractivity contribution < 1.29 is 4.79 Å². The van der Waals surface area contributed by atoms with Crippen LogP contribution in [0.1, 0.15) is 46.2 Å². The number of aromatic nitrogens is 3. The van der Waals surface area contributed by atoms with Crippen LogP contribution in [0.15, 0.2) is 6.20 Å². The van der Waals surface area contributed by atoms with Gasteiger partial charge in [-0.1, -0.05) is 32.1 Å². The Hall–Kier alpha value is -1.63. The number of nitrogens with zero attached hydrogens (tertiary/aromatic N) is 4. The van der Waals surface area contributed by atoms with E-state index in [4.69, 9.17) is 10.1 Å². The van der Waals surface area contributed by atoms with Gasteiger partial charge < -0.3 is 10.2 Å². The van der Waals surface area contributed by atoms with Gasteiger partial charge in [0.15, 0.2) is 0 Å². The minimum atomic E-state index is 0.0438. The summed E-state index contributed by atoms with van der Waals surface area (Å²) in [5, 5.41) is 8.67. The largest absolute Gasteiger partial charge is 0.356 e. The molecule has 0 saturated carbocycles. The van der Waals surface area contributed by atoms with Gasteiger partial charge in [-0.25, -0.2) is 9.50 Å². The lowest BCUT2D eigenvalue weighted by Crippen LogP contribution is -2.40. The summed E-state index contributed by atoms with van der Waals surface area (Å²) < 4.78 is 1.90. The molecule has 0 aliphatic carbocycles. The third-order valence-corrected chi connectivity index (χ3v) is 5.21. The molecule has 0 spiro atoms. The molecule has 3 heterocycles. The number of nitrogens with one attached hydrogen (secondary N) is 1. The van der Waals surface area contributed by atoms with E-state index in [1.54, 1.807) is 18.3 Å². The number of fused-ring (bicyclic) bond motifs is 1. The molecule has 1 saturated heterocycles. The van der Waals surface area contributed by atoms with Gasteiger partial charge in [0.1, 0.15) is 0 Å². The van der Waals surface area contributed by atoms with Crippen LogP contribution in [0.25, 0.3) is 4.96 Å². The Morgan fingerprint density at radius 1 is 1.48 bits per heavy atom. The molecule has 2 aromatic heterocycles. The van der Waals surface area contributed by atoms with Gasteiger partial charge in [0.25, 0.3) is 0 Å². The number of hydrogen-bond donors (Lipinski definition) is 1. The SMILES string of the molecule is CC(=O)NCC1CCCN(c2nn3cc(C(C)(C)C)nc3s2)C1. The fourth-order valence-electron chi connectivity index (χ4n) is 2.87. The standard InChI is InChI=1S/C16H25N5OS/c1-11(22)17-8-12-6-5-7-20(9-12)15-19-21-10-13(16(2,3)4)18-14(21)23-15/h10,12H,5-9H2,1-4H3,(H,17,22). The third kappa shape index (κ3) is 3.65. The number of hydrogen-bond acceptors (Lipinski definition) is 5.